The van der Waals surface area contributed by atoms with Crippen molar-refractivity contribution in [2.24, 2.45) is 0 Å². The van der Waals surface area contributed by atoms with Crippen molar-refractivity contribution in [2.45, 2.75) is 32.7 Å². The fraction of sp³-hybridized carbons (Fsp3) is 0.533. The number of rotatable bonds is 6. The number of thiophene rings is 1. The highest BCUT2D eigenvalue weighted by Gasteiger charge is 2.29. The van der Waals surface area contributed by atoms with Crippen LogP contribution in [0.3, 0.4) is 0 Å². The second kappa shape index (κ2) is 7.56. The number of carbonyl (C=O) groups is 3. The van der Waals surface area contributed by atoms with Gasteiger partial charge in [0.25, 0.3) is 5.91 Å². The van der Waals surface area contributed by atoms with Gasteiger partial charge < -0.3 is 25.4 Å². The number of aliphatic carboxylic acids is 1. The van der Waals surface area contributed by atoms with Crippen molar-refractivity contribution in [3.63, 3.8) is 0 Å². The molecule has 1 atom stereocenters. The highest BCUT2D eigenvalue weighted by atomic mass is 32.1. The first-order chi connectivity index (χ1) is 10.9. The van der Waals surface area contributed by atoms with Gasteiger partial charge in [0.15, 0.2) is 0 Å². The number of quaternary nitrogens is 1. The van der Waals surface area contributed by atoms with Gasteiger partial charge in [-0.15, -0.1) is 11.3 Å². The number of anilines is 1. The summed E-state index contributed by atoms with van der Waals surface area (Å²) in [7, 11) is 2.09. The topological polar surface area (TPSA) is 103 Å². The van der Waals surface area contributed by atoms with E-state index in [1.807, 2.05) is 0 Å². The van der Waals surface area contributed by atoms with Gasteiger partial charge in [0, 0.05) is 31.8 Å². The van der Waals surface area contributed by atoms with Gasteiger partial charge >= 0.3 is 0 Å². The van der Waals surface area contributed by atoms with Crippen LogP contribution in [0.4, 0.5) is 5.00 Å². The maximum Gasteiger partial charge on any atom is 0.254 e. The van der Waals surface area contributed by atoms with E-state index in [1.165, 1.54) is 16.2 Å². The van der Waals surface area contributed by atoms with E-state index in [0.717, 1.165) is 30.0 Å². The summed E-state index contributed by atoms with van der Waals surface area (Å²) in [4.78, 5) is 37.1. The second-order valence-electron chi connectivity index (χ2n) is 5.62. The quantitative estimate of drug-likeness (QED) is 0.589. The van der Waals surface area contributed by atoms with Crippen molar-refractivity contribution in [3.05, 3.63) is 16.0 Å². The summed E-state index contributed by atoms with van der Waals surface area (Å²) in [5, 5.41) is 16.4. The number of likely N-dealkylation sites (N-methyl/N-ethyl adjacent to an activating group) is 1. The average molecular weight is 339 g/mol. The molecule has 0 bridgehead atoms. The van der Waals surface area contributed by atoms with E-state index in [9.17, 15) is 19.5 Å². The molecule has 0 saturated heterocycles. The zero-order valence-electron chi connectivity index (χ0n) is 13.3. The standard InChI is InChI=1S/C15H21N3O4S/c1-3-11(19)17-15-13(14(22)16-6-4-12(20)21)9-5-7-18(2)8-10(9)23-15/h3-8H2,1-2H3,(H,16,22)(H,17,19)(H,20,21). The van der Waals surface area contributed by atoms with E-state index in [2.05, 4.69) is 17.7 Å². The Labute approximate surface area is 138 Å². The number of carboxylic acid groups (broad SMARTS) is 1. The van der Waals surface area contributed by atoms with Crippen LogP contribution in [0.25, 0.3) is 0 Å². The number of hydrogen-bond donors (Lipinski definition) is 3. The van der Waals surface area contributed by atoms with Crippen molar-refractivity contribution in [2.75, 3.05) is 25.5 Å². The molecule has 2 heterocycles. The minimum Gasteiger partial charge on any atom is -0.550 e. The molecule has 1 aliphatic rings. The normalized spacial score (nSPS) is 16.5. The Bertz CT molecular complexity index is 626. The zero-order chi connectivity index (χ0) is 17.0. The fourth-order valence-electron chi connectivity index (χ4n) is 2.53. The fourth-order valence-corrected chi connectivity index (χ4v) is 3.91. The lowest BCUT2D eigenvalue weighted by Crippen LogP contribution is -3.08. The van der Waals surface area contributed by atoms with Crippen LogP contribution in [-0.4, -0.2) is 37.9 Å². The first kappa shape index (κ1) is 17.4. The van der Waals surface area contributed by atoms with Gasteiger partial charge in [-0.25, -0.2) is 0 Å². The van der Waals surface area contributed by atoms with E-state index < -0.39 is 5.97 Å². The van der Waals surface area contributed by atoms with Gasteiger partial charge in [-0.05, 0) is 5.56 Å². The van der Waals surface area contributed by atoms with Crippen molar-refractivity contribution in [1.29, 1.82) is 0 Å². The van der Waals surface area contributed by atoms with Gasteiger partial charge in [-0.2, -0.15) is 0 Å². The molecule has 8 heteroatoms. The van der Waals surface area contributed by atoms with Gasteiger partial charge in [0.2, 0.25) is 5.91 Å². The summed E-state index contributed by atoms with van der Waals surface area (Å²) in [6.45, 7) is 3.50. The summed E-state index contributed by atoms with van der Waals surface area (Å²) in [5.74, 6) is -1.69. The first-order valence-corrected chi connectivity index (χ1v) is 8.47. The van der Waals surface area contributed by atoms with Gasteiger partial charge in [0.05, 0.1) is 24.0 Å². The molecule has 1 aromatic rings. The average Bonchev–Trinajstić information content (AvgIpc) is 2.83. The first-order valence-electron chi connectivity index (χ1n) is 7.66. The number of amides is 2. The molecule has 1 aliphatic heterocycles. The molecule has 0 radical (unpaired) electrons. The predicted molar refractivity (Wildman–Crippen MR) is 84.4 cm³/mol. The lowest BCUT2D eigenvalue weighted by molar-refractivity contribution is -0.895. The minimum atomic E-state index is -1.21. The van der Waals surface area contributed by atoms with E-state index in [4.69, 9.17) is 0 Å². The molecule has 1 unspecified atom stereocenters. The van der Waals surface area contributed by atoms with Crippen LogP contribution in [0.5, 0.6) is 0 Å². The maximum atomic E-state index is 12.5. The Balaban J connectivity index is 2.25. The second-order valence-corrected chi connectivity index (χ2v) is 6.73. The molecule has 0 spiro atoms. The van der Waals surface area contributed by atoms with E-state index in [0.29, 0.717) is 17.0 Å². The third-order valence-corrected chi connectivity index (χ3v) is 4.92. The number of carboxylic acids is 1. The summed E-state index contributed by atoms with van der Waals surface area (Å²) in [6, 6.07) is 0. The Morgan fingerprint density at radius 1 is 1.35 bits per heavy atom. The molecule has 0 fully saturated rings. The van der Waals surface area contributed by atoms with Crippen LogP contribution in [-0.2, 0) is 22.6 Å². The lowest BCUT2D eigenvalue weighted by Gasteiger charge is -2.20. The number of fused-ring (bicyclic) bond motifs is 1. The Morgan fingerprint density at radius 2 is 2.09 bits per heavy atom. The number of carbonyl (C=O) groups excluding carboxylic acids is 3. The minimum absolute atomic E-state index is 0.0120. The van der Waals surface area contributed by atoms with E-state index in [1.54, 1.807) is 6.92 Å². The van der Waals surface area contributed by atoms with E-state index >= 15 is 0 Å². The predicted octanol–water partition coefficient (Wildman–Crippen LogP) is -1.46. The molecule has 23 heavy (non-hydrogen) atoms. The van der Waals surface area contributed by atoms with Gasteiger partial charge in [-0.3, -0.25) is 9.59 Å². The lowest BCUT2D eigenvalue weighted by atomic mass is 10.0. The van der Waals surface area contributed by atoms with E-state index in [-0.39, 0.29) is 24.8 Å². The largest absolute Gasteiger partial charge is 0.550 e. The van der Waals surface area contributed by atoms with Crippen LogP contribution in [0.2, 0.25) is 0 Å². The highest BCUT2D eigenvalue weighted by molar-refractivity contribution is 7.17. The molecular formula is C15H21N3O4S. The summed E-state index contributed by atoms with van der Waals surface area (Å²) in [5.41, 5.74) is 1.45. The van der Waals surface area contributed by atoms with Crippen LogP contribution >= 0.6 is 11.3 Å². The van der Waals surface area contributed by atoms with Crippen LogP contribution in [0.15, 0.2) is 0 Å². The maximum absolute atomic E-state index is 12.5. The number of hydrogen-bond acceptors (Lipinski definition) is 5. The van der Waals surface area contributed by atoms with Gasteiger partial charge in [0.1, 0.15) is 11.5 Å². The van der Waals surface area contributed by atoms with Crippen molar-refractivity contribution in [3.8, 4) is 0 Å². The SMILES string of the molecule is CCC(=O)Nc1sc2c(c1C(=O)NCCC(=O)[O-])CC[NH+](C)C2. The highest BCUT2D eigenvalue weighted by Crippen LogP contribution is 2.34. The Morgan fingerprint density at radius 3 is 2.74 bits per heavy atom. The van der Waals surface area contributed by atoms with Crippen molar-refractivity contribution >= 4 is 34.1 Å². The van der Waals surface area contributed by atoms with Crippen molar-refractivity contribution in [1.82, 2.24) is 5.32 Å². The van der Waals surface area contributed by atoms with Crippen LogP contribution in [0.1, 0.15) is 40.6 Å². The monoisotopic (exact) mass is 339 g/mol. The third kappa shape index (κ3) is 4.29. The molecule has 2 rings (SSSR count). The zero-order valence-corrected chi connectivity index (χ0v) is 14.1. The molecule has 126 valence electrons. The number of nitrogens with one attached hydrogen (secondary N) is 3. The molecule has 0 aliphatic carbocycles. The smallest absolute Gasteiger partial charge is 0.254 e. The van der Waals surface area contributed by atoms with Crippen LogP contribution in [0, 0.1) is 0 Å². The summed E-state index contributed by atoms with van der Waals surface area (Å²) in [6.07, 6.45) is 0.865. The molecule has 0 saturated carbocycles. The molecular weight excluding hydrogens is 318 g/mol. The molecule has 0 aromatic carbocycles. The molecule has 3 N–H and O–H groups in total. The molecule has 1 aromatic heterocycles. The molecule has 2 amide bonds. The Hall–Kier alpha value is -1.93. The van der Waals surface area contributed by atoms with Crippen LogP contribution < -0.4 is 20.6 Å². The third-order valence-electron chi connectivity index (χ3n) is 3.77. The Kier molecular flexibility index (Phi) is 5.73. The van der Waals surface area contributed by atoms with Gasteiger partial charge in [-0.1, -0.05) is 6.92 Å². The van der Waals surface area contributed by atoms with Crippen molar-refractivity contribution < 1.29 is 24.4 Å². The molecule has 7 nitrogen and oxygen atoms in total. The summed E-state index contributed by atoms with van der Waals surface area (Å²) >= 11 is 1.44. The summed E-state index contributed by atoms with van der Waals surface area (Å²) < 4.78 is 0.